The number of rotatable bonds is 11. The van der Waals surface area contributed by atoms with Crippen LogP contribution in [0.5, 0.6) is 0 Å². The molecule has 0 aliphatic carbocycles. The van der Waals surface area contributed by atoms with Crippen molar-refractivity contribution < 1.29 is 13.2 Å². The number of carbonyl (C=O) groups excluding carboxylic acids is 1. The summed E-state index contributed by atoms with van der Waals surface area (Å²) in [6.45, 7) is 6.64. The van der Waals surface area contributed by atoms with Gasteiger partial charge in [-0.15, -0.1) is 0 Å². The summed E-state index contributed by atoms with van der Waals surface area (Å²) >= 11 is 0. The van der Waals surface area contributed by atoms with E-state index in [4.69, 9.17) is 0 Å². The Kier molecular flexibility index (Phi) is 9.23. The third-order valence-corrected chi connectivity index (χ3v) is 6.47. The zero-order valence-corrected chi connectivity index (χ0v) is 18.7. The second-order valence-corrected chi connectivity index (χ2v) is 8.81. The summed E-state index contributed by atoms with van der Waals surface area (Å²) in [5.41, 5.74) is 2.00. The Bertz CT molecular complexity index is 922. The van der Waals surface area contributed by atoms with Crippen LogP contribution in [0.25, 0.3) is 6.08 Å². The van der Waals surface area contributed by atoms with Gasteiger partial charge in [0.2, 0.25) is 15.9 Å². The molecule has 0 aliphatic rings. The smallest absolute Gasteiger partial charge is 0.244 e. The van der Waals surface area contributed by atoms with Crippen LogP contribution in [-0.4, -0.2) is 51.9 Å². The van der Waals surface area contributed by atoms with Gasteiger partial charge in [-0.25, -0.2) is 13.1 Å². The maximum Gasteiger partial charge on any atom is 0.244 e. The number of benzene rings is 2. The Labute approximate surface area is 180 Å². The van der Waals surface area contributed by atoms with E-state index >= 15 is 0 Å². The quantitative estimate of drug-likeness (QED) is 0.539. The first-order valence-electron chi connectivity index (χ1n) is 10.2. The lowest BCUT2D eigenvalue weighted by molar-refractivity contribution is -0.116. The molecule has 2 N–H and O–H groups in total. The van der Waals surface area contributed by atoms with Crippen molar-refractivity contribution in [2.45, 2.75) is 31.2 Å². The van der Waals surface area contributed by atoms with Gasteiger partial charge in [-0.2, -0.15) is 0 Å². The first-order valence-corrected chi connectivity index (χ1v) is 11.7. The molecule has 0 heterocycles. The highest BCUT2D eigenvalue weighted by molar-refractivity contribution is 7.89. The third kappa shape index (κ3) is 7.09. The monoisotopic (exact) mass is 429 g/mol. The molecule has 2 aromatic carbocycles. The minimum Gasteiger partial charge on any atom is -0.351 e. The van der Waals surface area contributed by atoms with Crippen molar-refractivity contribution in [2.24, 2.45) is 0 Å². The average Bonchev–Trinajstić information content (AvgIpc) is 2.77. The largest absolute Gasteiger partial charge is 0.351 e. The average molecular weight is 430 g/mol. The number of nitrogens with one attached hydrogen (secondary N) is 2. The molecule has 30 heavy (non-hydrogen) atoms. The van der Waals surface area contributed by atoms with Crippen LogP contribution in [0.1, 0.15) is 25.0 Å². The summed E-state index contributed by atoms with van der Waals surface area (Å²) in [7, 11) is -2.09. The molecular formula is C23H31N3O3S. The van der Waals surface area contributed by atoms with Crippen LogP contribution in [0.15, 0.2) is 65.6 Å². The first kappa shape index (κ1) is 23.8. The molecule has 1 unspecified atom stereocenters. The van der Waals surface area contributed by atoms with Gasteiger partial charge in [0, 0.05) is 18.7 Å². The molecule has 7 heteroatoms. The van der Waals surface area contributed by atoms with E-state index in [1.807, 2.05) is 18.2 Å². The van der Waals surface area contributed by atoms with E-state index in [0.29, 0.717) is 6.54 Å². The van der Waals surface area contributed by atoms with E-state index in [1.54, 1.807) is 18.2 Å². The van der Waals surface area contributed by atoms with Crippen LogP contribution in [0.2, 0.25) is 0 Å². The van der Waals surface area contributed by atoms with Crippen LogP contribution in [0, 0.1) is 0 Å². The normalized spacial score (nSPS) is 12.9. The van der Waals surface area contributed by atoms with Gasteiger partial charge in [0.15, 0.2) is 0 Å². The standard InChI is InChI=1S/C23H31N3O3S/c1-4-26(5-2)21(17-20-9-7-6-8-10-20)18-25-23(27)16-13-19-11-14-22(15-12-19)30(28,29)24-3/h6-16,21,24H,4-5,17-18H2,1-3H3,(H,25,27). The molecule has 0 aliphatic heterocycles. The summed E-state index contributed by atoms with van der Waals surface area (Å²) in [5.74, 6) is -0.174. The minimum atomic E-state index is -3.46. The lowest BCUT2D eigenvalue weighted by atomic mass is 10.0. The van der Waals surface area contributed by atoms with Gasteiger partial charge in [-0.3, -0.25) is 9.69 Å². The van der Waals surface area contributed by atoms with E-state index in [9.17, 15) is 13.2 Å². The van der Waals surface area contributed by atoms with Crippen molar-refractivity contribution in [1.82, 2.24) is 14.9 Å². The number of hydrogen-bond donors (Lipinski definition) is 2. The number of hydrogen-bond acceptors (Lipinski definition) is 4. The van der Waals surface area contributed by atoms with Crippen molar-refractivity contribution in [2.75, 3.05) is 26.7 Å². The Hall–Kier alpha value is -2.48. The van der Waals surface area contributed by atoms with E-state index in [1.165, 1.54) is 30.8 Å². The van der Waals surface area contributed by atoms with Gasteiger partial charge >= 0.3 is 0 Å². The molecule has 0 aromatic heterocycles. The Balaban J connectivity index is 1.97. The van der Waals surface area contributed by atoms with E-state index in [2.05, 4.69) is 40.9 Å². The van der Waals surface area contributed by atoms with Gasteiger partial charge in [0.25, 0.3) is 0 Å². The Morgan fingerprint density at radius 2 is 1.67 bits per heavy atom. The highest BCUT2D eigenvalue weighted by Crippen LogP contribution is 2.11. The van der Waals surface area contributed by atoms with E-state index < -0.39 is 10.0 Å². The lowest BCUT2D eigenvalue weighted by Crippen LogP contribution is -2.44. The molecule has 0 saturated heterocycles. The van der Waals surface area contributed by atoms with Crippen LogP contribution in [0.3, 0.4) is 0 Å². The number of nitrogens with zero attached hydrogens (tertiary/aromatic N) is 1. The molecule has 0 radical (unpaired) electrons. The van der Waals surface area contributed by atoms with Crippen molar-refractivity contribution in [3.63, 3.8) is 0 Å². The summed E-state index contributed by atoms with van der Waals surface area (Å²) < 4.78 is 25.8. The molecular weight excluding hydrogens is 398 g/mol. The molecule has 162 valence electrons. The second kappa shape index (κ2) is 11.6. The lowest BCUT2D eigenvalue weighted by Gasteiger charge is -2.30. The number of sulfonamides is 1. The maximum absolute atomic E-state index is 12.3. The fourth-order valence-corrected chi connectivity index (χ4v) is 4.01. The number of carbonyl (C=O) groups is 1. The first-order chi connectivity index (χ1) is 14.4. The van der Waals surface area contributed by atoms with Gasteiger partial charge in [-0.05, 0) is 55.9 Å². The SMILES string of the molecule is CCN(CC)C(CNC(=O)C=Cc1ccc(S(=O)(=O)NC)cc1)Cc1ccccc1. The van der Waals surface area contributed by atoms with Crippen molar-refractivity contribution >= 4 is 22.0 Å². The maximum atomic E-state index is 12.3. The van der Waals surface area contributed by atoms with Crippen molar-refractivity contribution in [1.29, 1.82) is 0 Å². The van der Waals surface area contributed by atoms with Crippen LogP contribution < -0.4 is 10.0 Å². The summed E-state index contributed by atoms with van der Waals surface area (Å²) in [6.07, 6.45) is 4.02. The zero-order chi connectivity index (χ0) is 22.0. The number of amides is 1. The molecule has 1 atom stereocenters. The molecule has 0 spiro atoms. The second-order valence-electron chi connectivity index (χ2n) is 6.92. The van der Waals surface area contributed by atoms with Gasteiger partial charge in [0.1, 0.15) is 0 Å². The van der Waals surface area contributed by atoms with E-state index in [-0.39, 0.29) is 16.8 Å². The molecule has 0 bridgehead atoms. The van der Waals surface area contributed by atoms with Crippen LogP contribution in [-0.2, 0) is 21.2 Å². The predicted octanol–water partition coefficient (Wildman–Crippen LogP) is 2.68. The molecule has 0 fully saturated rings. The highest BCUT2D eigenvalue weighted by atomic mass is 32.2. The van der Waals surface area contributed by atoms with Gasteiger partial charge in [0.05, 0.1) is 4.90 Å². The third-order valence-electron chi connectivity index (χ3n) is 5.04. The number of likely N-dealkylation sites (N-methyl/N-ethyl adjacent to an activating group) is 1. The molecule has 1 amide bonds. The molecule has 0 saturated carbocycles. The summed E-state index contributed by atoms with van der Waals surface area (Å²) in [4.78, 5) is 14.9. The van der Waals surface area contributed by atoms with E-state index in [0.717, 1.165) is 25.1 Å². The van der Waals surface area contributed by atoms with Crippen molar-refractivity contribution in [3.05, 3.63) is 71.8 Å². The summed E-state index contributed by atoms with van der Waals surface area (Å²) in [5, 5.41) is 2.99. The fraction of sp³-hybridized carbons (Fsp3) is 0.348. The topological polar surface area (TPSA) is 78.5 Å². The predicted molar refractivity (Wildman–Crippen MR) is 122 cm³/mol. The van der Waals surface area contributed by atoms with Crippen LogP contribution >= 0.6 is 0 Å². The Morgan fingerprint density at radius 3 is 2.23 bits per heavy atom. The molecule has 6 nitrogen and oxygen atoms in total. The zero-order valence-electron chi connectivity index (χ0n) is 17.8. The van der Waals surface area contributed by atoms with Gasteiger partial charge in [-0.1, -0.05) is 56.3 Å². The van der Waals surface area contributed by atoms with Crippen LogP contribution in [0.4, 0.5) is 0 Å². The minimum absolute atomic E-state index is 0.174. The fourth-order valence-electron chi connectivity index (χ4n) is 3.28. The van der Waals surface area contributed by atoms with Gasteiger partial charge < -0.3 is 5.32 Å². The van der Waals surface area contributed by atoms with Crippen molar-refractivity contribution in [3.8, 4) is 0 Å². The summed E-state index contributed by atoms with van der Waals surface area (Å²) in [6, 6.07) is 16.9. The Morgan fingerprint density at radius 1 is 1.03 bits per heavy atom. The highest BCUT2D eigenvalue weighted by Gasteiger charge is 2.17. The molecule has 2 aromatic rings. The molecule has 2 rings (SSSR count).